The number of nitrogens with two attached hydrogens (primary N) is 1. The molecule has 0 bridgehead atoms. The molecule has 2 rings (SSSR count). The van der Waals surface area contributed by atoms with E-state index in [2.05, 4.69) is 43.0 Å². The Kier molecular flexibility index (Phi) is 8.10. The van der Waals surface area contributed by atoms with Crippen molar-refractivity contribution in [3.63, 3.8) is 0 Å². The summed E-state index contributed by atoms with van der Waals surface area (Å²) in [5.74, 6) is 0.439. The van der Waals surface area contributed by atoms with Crippen molar-refractivity contribution < 1.29 is 9.59 Å². The molecule has 0 radical (unpaired) electrons. The van der Waals surface area contributed by atoms with Gasteiger partial charge in [-0.1, -0.05) is 36.8 Å². The van der Waals surface area contributed by atoms with E-state index in [0.717, 1.165) is 45.3 Å². The smallest absolute Gasteiger partial charge is 0.237 e. The number of hydrogen-bond donors (Lipinski definition) is 1. The zero-order chi connectivity index (χ0) is 18.9. The molecule has 1 aromatic rings. The van der Waals surface area contributed by atoms with Crippen LogP contribution in [0.1, 0.15) is 50.2 Å². The third-order valence-electron chi connectivity index (χ3n) is 5.10. The first-order valence-electron chi connectivity index (χ1n) is 9.82. The van der Waals surface area contributed by atoms with Gasteiger partial charge in [-0.15, -0.1) is 0 Å². The molecule has 1 atom stereocenters. The van der Waals surface area contributed by atoms with E-state index in [0.29, 0.717) is 25.4 Å². The van der Waals surface area contributed by atoms with Crippen LogP contribution in [-0.2, 0) is 16.1 Å². The Labute approximate surface area is 157 Å². The third kappa shape index (κ3) is 6.79. The van der Waals surface area contributed by atoms with Crippen molar-refractivity contribution in [3.8, 4) is 0 Å². The molecule has 0 spiro atoms. The molecule has 144 valence electrons. The number of amides is 2. The topological polar surface area (TPSA) is 66.6 Å². The average molecular weight is 360 g/mol. The van der Waals surface area contributed by atoms with E-state index in [-0.39, 0.29) is 11.8 Å². The molecule has 26 heavy (non-hydrogen) atoms. The second kappa shape index (κ2) is 10.3. The van der Waals surface area contributed by atoms with E-state index < -0.39 is 0 Å². The molecule has 1 unspecified atom stereocenters. The molecule has 1 aliphatic rings. The van der Waals surface area contributed by atoms with Crippen LogP contribution in [-0.4, -0.2) is 47.8 Å². The zero-order valence-electron chi connectivity index (χ0n) is 16.2. The fourth-order valence-electron chi connectivity index (χ4n) is 3.64. The Bertz CT molecular complexity index is 585. The van der Waals surface area contributed by atoms with Gasteiger partial charge in [0.05, 0.1) is 6.54 Å². The highest BCUT2D eigenvalue weighted by molar-refractivity contribution is 5.78. The highest BCUT2D eigenvalue weighted by atomic mass is 16.2. The maximum atomic E-state index is 12.9. The first-order chi connectivity index (χ1) is 12.5. The molecule has 2 amide bonds. The van der Waals surface area contributed by atoms with Gasteiger partial charge in [-0.25, -0.2) is 0 Å². The molecule has 1 aliphatic heterocycles. The zero-order valence-corrected chi connectivity index (χ0v) is 16.2. The summed E-state index contributed by atoms with van der Waals surface area (Å²) in [6.07, 6.45) is 4.45. The quantitative estimate of drug-likeness (QED) is 0.737. The lowest BCUT2D eigenvalue weighted by Gasteiger charge is -2.34. The van der Waals surface area contributed by atoms with Gasteiger partial charge < -0.3 is 10.6 Å². The number of hydrogen-bond acceptors (Lipinski definition) is 3. The van der Waals surface area contributed by atoms with Crippen molar-refractivity contribution in [1.82, 2.24) is 9.80 Å². The molecule has 1 aromatic carbocycles. The van der Waals surface area contributed by atoms with Crippen LogP contribution in [0.2, 0.25) is 0 Å². The summed E-state index contributed by atoms with van der Waals surface area (Å²) < 4.78 is 0. The van der Waals surface area contributed by atoms with Crippen molar-refractivity contribution in [1.29, 1.82) is 0 Å². The van der Waals surface area contributed by atoms with Gasteiger partial charge in [0.25, 0.3) is 0 Å². The summed E-state index contributed by atoms with van der Waals surface area (Å²) in [7, 11) is 0. The number of primary amides is 1. The number of carbonyl (C=O) groups excluding carboxylic acids is 2. The maximum Gasteiger partial charge on any atom is 0.237 e. The number of nitrogens with zero attached hydrogens (tertiary/aromatic N) is 2. The predicted molar refractivity (Wildman–Crippen MR) is 104 cm³/mol. The van der Waals surface area contributed by atoms with Gasteiger partial charge in [0, 0.05) is 26.1 Å². The van der Waals surface area contributed by atoms with Gasteiger partial charge in [0.15, 0.2) is 0 Å². The highest BCUT2D eigenvalue weighted by Crippen LogP contribution is 2.21. The molecule has 1 fully saturated rings. The Morgan fingerprint density at radius 3 is 2.65 bits per heavy atom. The lowest BCUT2D eigenvalue weighted by molar-refractivity contribution is -0.133. The largest absolute Gasteiger partial charge is 0.370 e. The van der Waals surface area contributed by atoms with E-state index in [4.69, 9.17) is 5.73 Å². The van der Waals surface area contributed by atoms with Crippen LogP contribution >= 0.6 is 0 Å². The van der Waals surface area contributed by atoms with Gasteiger partial charge in [0.2, 0.25) is 11.8 Å². The Balaban J connectivity index is 1.89. The molecule has 1 heterocycles. The molecule has 2 N–H and O–H groups in total. The monoisotopic (exact) mass is 359 g/mol. The number of rotatable bonds is 9. The number of carbonyl (C=O) groups is 2. The summed E-state index contributed by atoms with van der Waals surface area (Å²) in [5.41, 5.74) is 7.68. The van der Waals surface area contributed by atoms with Crippen LogP contribution in [0.25, 0.3) is 0 Å². The average Bonchev–Trinajstić information content (AvgIpc) is 2.61. The lowest BCUT2D eigenvalue weighted by Crippen LogP contribution is -2.44. The summed E-state index contributed by atoms with van der Waals surface area (Å²) >= 11 is 0. The molecule has 0 aliphatic carbocycles. The van der Waals surface area contributed by atoms with Crippen molar-refractivity contribution in [2.45, 2.75) is 52.5 Å². The van der Waals surface area contributed by atoms with Crippen molar-refractivity contribution >= 4 is 11.8 Å². The van der Waals surface area contributed by atoms with E-state index in [1.165, 1.54) is 11.1 Å². The lowest BCUT2D eigenvalue weighted by atomic mass is 9.93. The molecule has 5 heteroatoms. The summed E-state index contributed by atoms with van der Waals surface area (Å²) in [6, 6.07) is 8.40. The molecular formula is C21H33N3O2. The van der Waals surface area contributed by atoms with E-state index in [1.807, 2.05) is 4.90 Å². The molecular weight excluding hydrogens is 326 g/mol. The SMILES string of the molecule is CCCN(Cc1ccc(C)cc1)C(=O)CN1CCCC(CCC(N)=O)C1. The van der Waals surface area contributed by atoms with Gasteiger partial charge >= 0.3 is 0 Å². The van der Waals surface area contributed by atoms with E-state index >= 15 is 0 Å². The van der Waals surface area contributed by atoms with Crippen molar-refractivity contribution in [2.24, 2.45) is 11.7 Å². The fraction of sp³-hybridized carbons (Fsp3) is 0.619. The van der Waals surface area contributed by atoms with Crippen LogP contribution in [0, 0.1) is 12.8 Å². The standard InChI is InChI=1S/C21H33N3O2/c1-3-12-24(15-19-8-6-17(2)7-9-19)21(26)16-23-13-4-5-18(14-23)10-11-20(22)25/h6-9,18H,3-5,10-16H2,1-2H3,(H2,22,25). The van der Waals surface area contributed by atoms with Crippen molar-refractivity contribution in [3.05, 3.63) is 35.4 Å². The van der Waals surface area contributed by atoms with E-state index in [1.54, 1.807) is 0 Å². The second-order valence-corrected chi connectivity index (χ2v) is 7.55. The second-order valence-electron chi connectivity index (χ2n) is 7.55. The first-order valence-corrected chi connectivity index (χ1v) is 9.82. The summed E-state index contributed by atoms with van der Waals surface area (Å²) in [4.78, 5) is 28.1. The van der Waals surface area contributed by atoms with Crippen LogP contribution in [0.4, 0.5) is 0 Å². The van der Waals surface area contributed by atoms with Gasteiger partial charge in [-0.05, 0) is 50.6 Å². The van der Waals surface area contributed by atoms with Crippen LogP contribution in [0.15, 0.2) is 24.3 Å². The first kappa shape index (κ1) is 20.4. The van der Waals surface area contributed by atoms with Gasteiger partial charge in [-0.2, -0.15) is 0 Å². The summed E-state index contributed by atoms with van der Waals surface area (Å²) in [6.45, 7) is 7.96. The number of piperidine rings is 1. The van der Waals surface area contributed by atoms with Crippen LogP contribution < -0.4 is 5.73 Å². The summed E-state index contributed by atoms with van der Waals surface area (Å²) in [5, 5.41) is 0. The molecule has 0 aromatic heterocycles. The molecule has 0 saturated carbocycles. The van der Waals surface area contributed by atoms with Crippen molar-refractivity contribution in [2.75, 3.05) is 26.2 Å². The fourth-order valence-corrected chi connectivity index (χ4v) is 3.64. The highest BCUT2D eigenvalue weighted by Gasteiger charge is 2.23. The van der Waals surface area contributed by atoms with Gasteiger partial charge in [-0.3, -0.25) is 14.5 Å². The maximum absolute atomic E-state index is 12.9. The third-order valence-corrected chi connectivity index (χ3v) is 5.10. The Morgan fingerprint density at radius 2 is 2.00 bits per heavy atom. The Morgan fingerprint density at radius 1 is 1.27 bits per heavy atom. The minimum Gasteiger partial charge on any atom is -0.370 e. The van der Waals surface area contributed by atoms with E-state index in [9.17, 15) is 9.59 Å². The van der Waals surface area contributed by atoms with Crippen LogP contribution in [0.5, 0.6) is 0 Å². The predicted octanol–water partition coefficient (Wildman–Crippen LogP) is 2.71. The minimum absolute atomic E-state index is 0.197. The molecule has 1 saturated heterocycles. The number of benzene rings is 1. The molecule has 5 nitrogen and oxygen atoms in total. The van der Waals surface area contributed by atoms with Gasteiger partial charge in [0.1, 0.15) is 0 Å². The van der Waals surface area contributed by atoms with Crippen LogP contribution in [0.3, 0.4) is 0 Å². The normalized spacial score (nSPS) is 17.8. The Hall–Kier alpha value is -1.88. The number of aryl methyl sites for hydroxylation is 1. The minimum atomic E-state index is -0.231. The number of likely N-dealkylation sites (tertiary alicyclic amines) is 1.